The molecule has 1 aromatic carbocycles. The van der Waals surface area contributed by atoms with Gasteiger partial charge in [-0.15, -0.1) is 0 Å². The normalized spacial score (nSPS) is 11.5. The Balaban J connectivity index is 2.04. The van der Waals surface area contributed by atoms with Crippen LogP contribution in [0.3, 0.4) is 0 Å². The molecule has 0 radical (unpaired) electrons. The van der Waals surface area contributed by atoms with Crippen molar-refractivity contribution in [1.82, 2.24) is 9.97 Å². The maximum Gasteiger partial charge on any atom is 0.433 e. The van der Waals surface area contributed by atoms with Gasteiger partial charge in [-0.05, 0) is 29.7 Å². The average Bonchev–Trinajstić information content (AvgIpc) is 2.39. The summed E-state index contributed by atoms with van der Waals surface area (Å²) in [6.07, 6.45) is -4.30. The van der Waals surface area contributed by atoms with Gasteiger partial charge in [0.1, 0.15) is 11.6 Å². The molecule has 8 heteroatoms. The maximum atomic E-state index is 13.4. The smallest absolute Gasteiger partial charge is 0.370 e. The molecule has 0 unspecified atom stereocenters. The minimum absolute atomic E-state index is 0.0568. The predicted molar refractivity (Wildman–Crippen MR) is 70.6 cm³/mol. The van der Waals surface area contributed by atoms with Gasteiger partial charge in [0, 0.05) is 12.6 Å². The molecular weight excluding hydrogens is 310 g/mol. The van der Waals surface area contributed by atoms with E-state index in [0.717, 1.165) is 6.07 Å². The second-order valence-electron chi connectivity index (χ2n) is 4.17. The van der Waals surface area contributed by atoms with Crippen LogP contribution in [0.25, 0.3) is 0 Å². The third-order valence-corrected chi connectivity index (χ3v) is 2.82. The molecule has 0 amide bonds. The Morgan fingerprint density at radius 3 is 2.52 bits per heavy atom. The zero-order valence-corrected chi connectivity index (χ0v) is 11.3. The van der Waals surface area contributed by atoms with Gasteiger partial charge in [0.15, 0.2) is 5.69 Å². The monoisotopic (exact) mass is 319 g/mol. The van der Waals surface area contributed by atoms with Gasteiger partial charge in [0.2, 0.25) is 5.28 Å². The van der Waals surface area contributed by atoms with E-state index in [2.05, 4.69) is 15.3 Å². The molecule has 1 aromatic heterocycles. The number of halogens is 5. The van der Waals surface area contributed by atoms with E-state index in [1.54, 1.807) is 18.2 Å². The Morgan fingerprint density at radius 2 is 1.86 bits per heavy atom. The van der Waals surface area contributed by atoms with Gasteiger partial charge in [-0.2, -0.15) is 13.2 Å². The van der Waals surface area contributed by atoms with Crippen molar-refractivity contribution in [1.29, 1.82) is 0 Å². The number of hydrogen-bond donors (Lipinski definition) is 1. The van der Waals surface area contributed by atoms with Crippen molar-refractivity contribution >= 4 is 17.4 Å². The van der Waals surface area contributed by atoms with Crippen molar-refractivity contribution in [3.8, 4) is 0 Å². The topological polar surface area (TPSA) is 37.8 Å². The summed E-state index contributed by atoms with van der Waals surface area (Å²) in [5.41, 5.74) is -0.669. The van der Waals surface area contributed by atoms with E-state index in [1.165, 1.54) is 6.07 Å². The Kier molecular flexibility index (Phi) is 4.62. The predicted octanol–water partition coefficient (Wildman–Crippen LogP) is 3.94. The van der Waals surface area contributed by atoms with Gasteiger partial charge in [-0.25, -0.2) is 14.4 Å². The molecule has 0 aliphatic carbocycles. The first-order chi connectivity index (χ1) is 9.86. The molecule has 0 spiro atoms. The lowest BCUT2D eigenvalue weighted by molar-refractivity contribution is -0.141. The van der Waals surface area contributed by atoms with Crippen LogP contribution in [0.2, 0.25) is 5.28 Å². The van der Waals surface area contributed by atoms with Crippen molar-refractivity contribution in [2.45, 2.75) is 12.6 Å². The molecule has 112 valence electrons. The lowest BCUT2D eigenvalue weighted by atomic mass is 10.1. The molecule has 2 aromatic rings. The van der Waals surface area contributed by atoms with Crippen LogP contribution in [0, 0.1) is 5.82 Å². The van der Waals surface area contributed by atoms with Gasteiger partial charge in [0.25, 0.3) is 0 Å². The lowest BCUT2D eigenvalue weighted by Crippen LogP contribution is -2.12. The number of aromatic nitrogens is 2. The van der Waals surface area contributed by atoms with Gasteiger partial charge < -0.3 is 5.32 Å². The fourth-order valence-electron chi connectivity index (χ4n) is 1.68. The molecular formula is C13H10ClF4N3. The van der Waals surface area contributed by atoms with Crippen molar-refractivity contribution in [2.75, 3.05) is 11.9 Å². The number of hydrogen-bond acceptors (Lipinski definition) is 3. The SMILES string of the molecule is Fc1ccccc1CCNc1cc(C(F)(F)F)nc(Cl)n1. The summed E-state index contributed by atoms with van der Waals surface area (Å²) in [6.45, 7) is 0.214. The highest BCUT2D eigenvalue weighted by atomic mass is 35.5. The highest BCUT2D eigenvalue weighted by Crippen LogP contribution is 2.29. The summed E-state index contributed by atoms with van der Waals surface area (Å²) in [7, 11) is 0. The van der Waals surface area contributed by atoms with E-state index in [1.807, 2.05) is 0 Å². The van der Waals surface area contributed by atoms with Crippen molar-refractivity contribution in [3.63, 3.8) is 0 Å². The highest BCUT2D eigenvalue weighted by molar-refractivity contribution is 6.28. The van der Waals surface area contributed by atoms with Crippen LogP contribution in [0.5, 0.6) is 0 Å². The van der Waals surface area contributed by atoms with E-state index in [9.17, 15) is 17.6 Å². The Labute approximate surface area is 123 Å². The molecule has 0 saturated carbocycles. The molecule has 0 aliphatic rings. The molecule has 0 aliphatic heterocycles. The van der Waals surface area contributed by atoms with E-state index in [0.29, 0.717) is 12.0 Å². The maximum absolute atomic E-state index is 13.4. The van der Waals surface area contributed by atoms with E-state index < -0.39 is 17.2 Å². The summed E-state index contributed by atoms with van der Waals surface area (Å²) in [4.78, 5) is 6.77. The zero-order chi connectivity index (χ0) is 15.5. The van der Waals surface area contributed by atoms with Crippen LogP contribution in [0.15, 0.2) is 30.3 Å². The molecule has 21 heavy (non-hydrogen) atoms. The molecule has 0 bridgehead atoms. The van der Waals surface area contributed by atoms with Crippen molar-refractivity contribution in [2.24, 2.45) is 0 Å². The van der Waals surface area contributed by atoms with E-state index >= 15 is 0 Å². The van der Waals surface area contributed by atoms with Crippen LogP contribution in [-0.2, 0) is 12.6 Å². The minimum atomic E-state index is -4.60. The van der Waals surface area contributed by atoms with Gasteiger partial charge >= 0.3 is 6.18 Å². The van der Waals surface area contributed by atoms with Gasteiger partial charge in [-0.1, -0.05) is 18.2 Å². The van der Waals surface area contributed by atoms with Crippen LogP contribution >= 0.6 is 11.6 Å². The molecule has 2 rings (SSSR count). The first-order valence-electron chi connectivity index (χ1n) is 5.95. The van der Waals surface area contributed by atoms with E-state index in [-0.39, 0.29) is 18.2 Å². The summed E-state index contributed by atoms with van der Waals surface area (Å²) >= 11 is 5.45. The largest absolute Gasteiger partial charge is 0.433 e. The van der Waals surface area contributed by atoms with Crippen LogP contribution in [-0.4, -0.2) is 16.5 Å². The Morgan fingerprint density at radius 1 is 1.14 bits per heavy atom. The summed E-state index contributed by atoms with van der Waals surface area (Å²) in [5, 5.41) is 2.17. The molecule has 0 saturated heterocycles. The third kappa shape index (κ3) is 4.29. The standard InChI is InChI=1S/C13H10ClF4N3/c14-12-20-10(13(16,17)18)7-11(21-12)19-6-5-8-3-1-2-4-9(8)15/h1-4,7H,5-6H2,(H,19,20,21). The Bertz CT molecular complexity index is 631. The summed E-state index contributed by atoms with van der Waals surface area (Å²) in [6, 6.07) is 6.92. The molecule has 0 fully saturated rings. The molecule has 0 atom stereocenters. The minimum Gasteiger partial charge on any atom is -0.370 e. The first kappa shape index (κ1) is 15.5. The average molecular weight is 320 g/mol. The number of anilines is 1. The van der Waals surface area contributed by atoms with E-state index in [4.69, 9.17) is 11.6 Å². The molecule has 1 N–H and O–H groups in total. The highest BCUT2D eigenvalue weighted by Gasteiger charge is 2.33. The number of nitrogens with zero attached hydrogens (tertiary/aromatic N) is 2. The quantitative estimate of drug-likeness (QED) is 0.685. The summed E-state index contributed by atoms with van der Waals surface area (Å²) < 4.78 is 51.1. The van der Waals surface area contributed by atoms with Crippen molar-refractivity contribution in [3.05, 3.63) is 52.7 Å². The fraction of sp³-hybridized carbons (Fsp3) is 0.231. The van der Waals surface area contributed by atoms with Gasteiger partial charge in [0.05, 0.1) is 0 Å². The number of benzene rings is 1. The summed E-state index contributed by atoms with van der Waals surface area (Å²) in [5.74, 6) is -0.422. The third-order valence-electron chi connectivity index (χ3n) is 2.65. The Hall–Kier alpha value is -1.89. The molecule has 3 nitrogen and oxygen atoms in total. The number of alkyl halides is 3. The second-order valence-corrected chi connectivity index (χ2v) is 4.51. The van der Waals surface area contributed by atoms with Crippen molar-refractivity contribution < 1.29 is 17.6 Å². The zero-order valence-electron chi connectivity index (χ0n) is 10.6. The van der Waals surface area contributed by atoms with Crippen LogP contribution < -0.4 is 5.32 Å². The number of nitrogens with one attached hydrogen (secondary N) is 1. The second kappa shape index (κ2) is 6.26. The fourth-order valence-corrected chi connectivity index (χ4v) is 1.86. The lowest BCUT2D eigenvalue weighted by Gasteiger charge is -2.10. The molecule has 1 heterocycles. The van der Waals surface area contributed by atoms with Gasteiger partial charge in [-0.3, -0.25) is 0 Å². The first-order valence-corrected chi connectivity index (χ1v) is 6.33. The van der Waals surface area contributed by atoms with Crippen LogP contribution in [0.4, 0.5) is 23.4 Å². The van der Waals surface area contributed by atoms with Crippen LogP contribution in [0.1, 0.15) is 11.3 Å². The number of rotatable bonds is 4.